The van der Waals surface area contributed by atoms with Gasteiger partial charge in [-0.3, -0.25) is 4.79 Å². The van der Waals surface area contributed by atoms with E-state index in [0.29, 0.717) is 18.4 Å². The molecule has 1 aliphatic heterocycles. The summed E-state index contributed by atoms with van der Waals surface area (Å²) in [7, 11) is 0. The van der Waals surface area contributed by atoms with Crippen LogP contribution in [0.3, 0.4) is 0 Å². The van der Waals surface area contributed by atoms with Crippen molar-refractivity contribution in [2.45, 2.75) is 40.0 Å². The molecule has 1 aliphatic rings. The van der Waals surface area contributed by atoms with Crippen molar-refractivity contribution in [1.82, 2.24) is 10.2 Å². The fourth-order valence-corrected chi connectivity index (χ4v) is 2.46. The average molecular weight is 270 g/mol. The topological polar surface area (TPSA) is 58.6 Å². The molecule has 0 bridgehead atoms. The molecule has 0 aromatic rings. The van der Waals surface area contributed by atoms with Crippen LogP contribution in [0.2, 0.25) is 0 Å². The molecule has 0 aliphatic carbocycles. The highest BCUT2D eigenvalue weighted by molar-refractivity contribution is 5.80. The van der Waals surface area contributed by atoms with E-state index in [2.05, 4.69) is 19.2 Å². The van der Waals surface area contributed by atoms with Crippen LogP contribution in [0.4, 0.5) is 4.79 Å². The van der Waals surface area contributed by atoms with Crippen LogP contribution in [-0.2, 0) is 9.53 Å². The number of nitrogens with one attached hydrogen (secondary N) is 1. The molecule has 1 rings (SSSR count). The summed E-state index contributed by atoms with van der Waals surface area (Å²) in [4.78, 5) is 24.9. The highest BCUT2D eigenvalue weighted by Crippen LogP contribution is 2.24. The molecular formula is C14H26N2O3. The van der Waals surface area contributed by atoms with Gasteiger partial charge in [0.1, 0.15) is 6.54 Å². The van der Waals surface area contributed by atoms with Crippen LogP contribution in [0.15, 0.2) is 0 Å². The van der Waals surface area contributed by atoms with Crippen molar-refractivity contribution in [2.24, 2.45) is 11.8 Å². The smallest absolute Gasteiger partial charge is 0.325 e. The van der Waals surface area contributed by atoms with Crippen molar-refractivity contribution >= 4 is 12.0 Å². The monoisotopic (exact) mass is 270 g/mol. The molecule has 1 heterocycles. The molecule has 1 saturated heterocycles. The summed E-state index contributed by atoms with van der Waals surface area (Å²) >= 11 is 0. The predicted octanol–water partition coefficient (Wildman–Crippen LogP) is 2.02. The van der Waals surface area contributed by atoms with Crippen LogP contribution >= 0.6 is 0 Å². The van der Waals surface area contributed by atoms with Gasteiger partial charge in [0.25, 0.3) is 0 Å². The lowest BCUT2D eigenvalue weighted by molar-refractivity contribution is -0.141. The van der Waals surface area contributed by atoms with E-state index in [1.165, 1.54) is 6.42 Å². The van der Waals surface area contributed by atoms with Gasteiger partial charge in [0.2, 0.25) is 0 Å². The first-order valence-electron chi connectivity index (χ1n) is 7.23. The van der Waals surface area contributed by atoms with Gasteiger partial charge in [-0.05, 0) is 38.0 Å². The SMILES string of the molecule is CCOC(=O)CNC(=O)N1CCCC(C(C)C)CC1. The number of nitrogens with zero attached hydrogens (tertiary/aromatic N) is 1. The number of hydrogen-bond donors (Lipinski definition) is 1. The molecular weight excluding hydrogens is 244 g/mol. The third kappa shape index (κ3) is 5.49. The molecule has 19 heavy (non-hydrogen) atoms. The van der Waals surface area contributed by atoms with E-state index >= 15 is 0 Å². The van der Waals surface area contributed by atoms with E-state index in [-0.39, 0.29) is 18.5 Å². The number of carbonyl (C=O) groups is 2. The largest absolute Gasteiger partial charge is 0.465 e. The van der Waals surface area contributed by atoms with E-state index in [4.69, 9.17) is 4.74 Å². The van der Waals surface area contributed by atoms with Crippen molar-refractivity contribution < 1.29 is 14.3 Å². The van der Waals surface area contributed by atoms with Crippen molar-refractivity contribution in [1.29, 1.82) is 0 Å². The molecule has 110 valence electrons. The summed E-state index contributed by atoms with van der Waals surface area (Å²) < 4.78 is 4.78. The second-order valence-electron chi connectivity index (χ2n) is 5.39. The first-order valence-corrected chi connectivity index (χ1v) is 7.23. The van der Waals surface area contributed by atoms with Gasteiger partial charge in [-0.25, -0.2) is 4.79 Å². The molecule has 0 aromatic heterocycles. The van der Waals surface area contributed by atoms with Gasteiger partial charge in [0, 0.05) is 13.1 Å². The lowest BCUT2D eigenvalue weighted by Crippen LogP contribution is -2.42. The summed E-state index contributed by atoms with van der Waals surface area (Å²) in [6, 6.07) is -0.155. The Hall–Kier alpha value is -1.26. The molecule has 0 radical (unpaired) electrons. The van der Waals surface area contributed by atoms with E-state index < -0.39 is 0 Å². The van der Waals surface area contributed by atoms with Gasteiger partial charge in [0.15, 0.2) is 0 Å². The molecule has 1 N–H and O–H groups in total. The average Bonchev–Trinajstić information content (AvgIpc) is 2.62. The number of carbonyl (C=O) groups excluding carboxylic acids is 2. The van der Waals surface area contributed by atoms with E-state index in [1.54, 1.807) is 6.92 Å². The number of amides is 2. The summed E-state index contributed by atoms with van der Waals surface area (Å²) in [6.07, 6.45) is 3.26. The molecule has 1 fully saturated rings. The van der Waals surface area contributed by atoms with E-state index in [0.717, 1.165) is 25.9 Å². The fraction of sp³-hybridized carbons (Fsp3) is 0.857. The Labute approximate surface area is 115 Å². The van der Waals surface area contributed by atoms with Crippen LogP contribution in [0, 0.1) is 11.8 Å². The quantitative estimate of drug-likeness (QED) is 0.795. The fourth-order valence-electron chi connectivity index (χ4n) is 2.46. The van der Waals surface area contributed by atoms with Crippen LogP contribution in [-0.4, -0.2) is 43.1 Å². The van der Waals surface area contributed by atoms with Crippen LogP contribution < -0.4 is 5.32 Å². The Morgan fingerprint density at radius 2 is 2.05 bits per heavy atom. The summed E-state index contributed by atoms with van der Waals surface area (Å²) in [5, 5.41) is 2.62. The van der Waals surface area contributed by atoms with Gasteiger partial charge in [0.05, 0.1) is 6.61 Å². The highest BCUT2D eigenvalue weighted by Gasteiger charge is 2.22. The lowest BCUT2D eigenvalue weighted by atomic mass is 9.89. The first kappa shape index (κ1) is 15.8. The van der Waals surface area contributed by atoms with Crippen molar-refractivity contribution in [3.05, 3.63) is 0 Å². The van der Waals surface area contributed by atoms with Gasteiger partial charge in [-0.2, -0.15) is 0 Å². The molecule has 1 unspecified atom stereocenters. The summed E-state index contributed by atoms with van der Waals surface area (Å²) in [5.41, 5.74) is 0. The van der Waals surface area contributed by atoms with Crippen molar-refractivity contribution in [3.8, 4) is 0 Å². The van der Waals surface area contributed by atoms with Gasteiger partial charge < -0.3 is 15.0 Å². The van der Waals surface area contributed by atoms with Crippen LogP contribution in [0.1, 0.15) is 40.0 Å². The normalized spacial score (nSPS) is 20.0. The zero-order valence-corrected chi connectivity index (χ0v) is 12.3. The zero-order chi connectivity index (χ0) is 14.3. The molecule has 5 heteroatoms. The number of rotatable bonds is 4. The number of urea groups is 1. The number of likely N-dealkylation sites (tertiary alicyclic amines) is 1. The zero-order valence-electron chi connectivity index (χ0n) is 12.3. The second-order valence-corrected chi connectivity index (χ2v) is 5.39. The van der Waals surface area contributed by atoms with Gasteiger partial charge in [-0.15, -0.1) is 0 Å². The van der Waals surface area contributed by atoms with Crippen LogP contribution in [0.5, 0.6) is 0 Å². The van der Waals surface area contributed by atoms with Crippen LogP contribution in [0.25, 0.3) is 0 Å². The van der Waals surface area contributed by atoms with E-state index in [9.17, 15) is 9.59 Å². The first-order chi connectivity index (χ1) is 9.04. The Bertz CT molecular complexity index is 305. The van der Waals surface area contributed by atoms with Gasteiger partial charge in [-0.1, -0.05) is 13.8 Å². The Balaban J connectivity index is 2.34. The molecule has 1 atom stereocenters. The van der Waals surface area contributed by atoms with Crippen molar-refractivity contribution in [3.63, 3.8) is 0 Å². The van der Waals surface area contributed by atoms with Gasteiger partial charge >= 0.3 is 12.0 Å². The maximum Gasteiger partial charge on any atom is 0.325 e. The maximum atomic E-state index is 11.9. The maximum absolute atomic E-state index is 11.9. The lowest BCUT2D eigenvalue weighted by Gasteiger charge is -2.21. The number of esters is 1. The molecule has 0 saturated carbocycles. The highest BCUT2D eigenvalue weighted by atomic mass is 16.5. The summed E-state index contributed by atoms with van der Waals surface area (Å²) in [5.74, 6) is 0.983. The minimum Gasteiger partial charge on any atom is -0.465 e. The Kier molecular flexibility index (Phi) is 6.67. The number of ether oxygens (including phenoxy) is 1. The Morgan fingerprint density at radius 3 is 2.68 bits per heavy atom. The van der Waals surface area contributed by atoms with E-state index in [1.807, 2.05) is 4.90 Å². The third-order valence-corrected chi connectivity index (χ3v) is 3.69. The molecule has 5 nitrogen and oxygen atoms in total. The molecule has 2 amide bonds. The summed E-state index contributed by atoms with van der Waals surface area (Å²) in [6.45, 7) is 8.07. The molecule has 0 aromatic carbocycles. The minimum absolute atomic E-state index is 0.0449. The Morgan fingerprint density at radius 1 is 1.32 bits per heavy atom. The number of hydrogen-bond acceptors (Lipinski definition) is 3. The minimum atomic E-state index is -0.384. The molecule has 0 spiro atoms. The standard InChI is InChI=1S/C14H26N2O3/c1-4-19-13(17)10-15-14(18)16-8-5-6-12(7-9-16)11(2)3/h11-12H,4-10H2,1-3H3,(H,15,18). The predicted molar refractivity (Wildman–Crippen MR) is 73.8 cm³/mol. The second kappa shape index (κ2) is 8.02. The third-order valence-electron chi connectivity index (χ3n) is 3.69. The van der Waals surface area contributed by atoms with Crippen molar-refractivity contribution in [2.75, 3.05) is 26.2 Å².